The molecule has 0 aliphatic carbocycles. The van der Waals surface area contributed by atoms with Gasteiger partial charge in [-0.05, 0) is 30.9 Å². The van der Waals surface area contributed by atoms with Gasteiger partial charge in [-0.25, -0.2) is 0 Å². The summed E-state index contributed by atoms with van der Waals surface area (Å²) in [5.74, 6) is -0.101. The first kappa shape index (κ1) is 14.4. The van der Waals surface area contributed by atoms with Crippen LogP contribution in [-0.2, 0) is 16.0 Å². The van der Waals surface area contributed by atoms with Gasteiger partial charge in [-0.1, -0.05) is 18.2 Å². The minimum Gasteiger partial charge on any atom is -0.399 e. The molecule has 2 amide bonds. The highest BCUT2D eigenvalue weighted by molar-refractivity contribution is 5.85. The summed E-state index contributed by atoms with van der Waals surface area (Å²) in [7, 11) is 0. The zero-order valence-electron chi connectivity index (χ0n) is 11.6. The number of rotatable bonds is 5. The summed E-state index contributed by atoms with van der Waals surface area (Å²) in [6, 6.07) is 7.51. The maximum Gasteiger partial charge on any atom is 0.241 e. The lowest BCUT2D eigenvalue weighted by atomic mass is 10.1. The predicted octanol–water partition coefficient (Wildman–Crippen LogP) is 0.940. The SMILES string of the molecule is Nc1ccccc1CCC(=O)NCC(=O)N1CCCC1. The van der Waals surface area contributed by atoms with E-state index >= 15 is 0 Å². The van der Waals surface area contributed by atoms with Crippen LogP contribution in [0.5, 0.6) is 0 Å². The number of benzene rings is 1. The first-order valence-electron chi connectivity index (χ1n) is 7.04. The van der Waals surface area contributed by atoms with Crippen molar-refractivity contribution in [2.75, 3.05) is 25.4 Å². The third kappa shape index (κ3) is 3.98. The molecule has 0 spiro atoms. The molecule has 1 saturated heterocycles. The van der Waals surface area contributed by atoms with Gasteiger partial charge in [0.1, 0.15) is 0 Å². The Morgan fingerprint density at radius 2 is 1.90 bits per heavy atom. The fourth-order valence-electron chi connectivity index (χ4n) is 2.35. The van der Waals surface area contributed by atoms with Crippen LogP contribution in [0.4, 0.5) is 5.69 Å². The molecule has 0 bridgehead atoms. The van der Waals surface area contributed by atoms with E-state index in [1.807, 2.05) is 24.3 Å². The van der Waals surface area contributed by atoms with Crippen LogP contribution >= 0.6 is 0 Å². The average Bonchev–Trinajstić information content (AvgIpc) is 2.98. The standard InChI is InChI=1S/C15H21N3O2/c16-13-6-2-1-5-12(13)7-8-14(19)17-11-15(20)18-9-3-4-10-18/h1-2,5-6H,3-4,7-11,16H2,(H,17,19). The molecular formula is C15H21N3O2. The van der Waals surface area contributed by atoms with Crippen molar-refractivity contribution in [1.82, 2.24) is 10.2 Å². The minimum absolute atomic E-state index is 0.00933. The van der Waals surface area contributed by atoms with Gasteiger partial charge in [-0.3, -0.25) is 9.59 Å². The van der Waals surface area contributed by atoms with Gasteiger partial charge in [0.15, 0.2) is 0 Å². The molecule has 0 unspecified atom stereocenters. The highest BCUT2D eigenvalue weighted by Crippen LogP contribution is 2.12. The molecule has 1 aromatic carbocycles. The van der Waals surface area contributed by atoms with Gasteiger partial charge in [-0.15, -0.1) is 0 Å². The topological polar surface area (TPSA) is 75.4 Å². The van der Waals surface area contributed by atoms with Crippen molar-refractivity contribution in [3.8, 4) is 0 Å². The summed E-state index contributed by atoms with van der Waals surface area (Å²) in [6.07, 6.45) is 3.07. The summed E-state index contributed by atoms with van der Waals surface area (Å²) in [5.41, 5.74) is 7.49. The maximum absolute atomic E-state index is 11.8. The molecule has 20 heavy (non-hydrogen) atoms. The Kier molecular flexibility index (Phi) is 4.98. The Balaban J connectivity index is 1.70. The van der Waals surface area contributed by atoms with E-state index in [4.69, 9.17) is 5.73 Å². The van der Waals surface area contributed by atoms with Crippen molar-refractivity contribution in [3.63, 3.8) is 0 Å². The number of carbonyl (C=O) groups excluding carboxylic acids is 2. The van der Waals surface area contributed by atoms with Crippen LogP contribution in [0.25, 0.3) is 0 Å². The molecule has 0 saturated carbocycles. The van der Waals surface area contributed by atoms with Gasteiger partial charge >= 0.3 is 0 Å². The molecule has 3 N–H and O–H groups in total. The van der Waals surface area contributed by atoms with Crippen molar-refractivity contribution in [1.29, 1.82) is 0 Å². The molecule has 2 rings (SSSR count). The predicted molar refractivity (Wildman–Crippen MR) is 78.0 cm³/mol. The van der Waals surface area contributed by atoms with Crippen LogP contribution in [0.2, 0.25) is 0 Å². The maximum atomic E-state index is 11.8. The zero-order chi connectivity index (χ0) is 14.4. The van der Waals surface area contributed by atoms with E-state index in [1.165, 1.54) is 0 Å². The molecule has 0 radical (unpaired) electrons. The lowest BCUT2D eigenvalue weighted by Crippen LogP contribution is -2.38. The Labute approximate surface area is 119 Å². The number of nitrogens with two attached hydrogens (primary N) is 1. The molecule has 5 heteroatoms. The van der Waals surface area contributed by atoms with Crippen molar-refractivity contribution in [2.24, 2.45) is 0 Å². The van der Waals surface area contributed by atoms with E-state index in [0.29, 0.717) is 18.5 Å². The number of carbonyl (C=O) groups is 2. The van der Waals surface area contributed by atoms with Crippen LogP contribution in [0.3, 0.4) is 0 Å². The van der Waals surface area contributed by atoms with Gasteiger partial charge in [0.2, 0.25) is 11.8 Å². The summed E-state index contributed by atoms with van der Waals surface area (Å²) < 4.78 is 0. The third-order valence-electron chi connectivity index (χ3n) is 3.57. The van der Waals surface area contributed by atoms with Gasteiger partial charge in [0.25, 0.3) is 0 Å². The van der Waals surface area contributed by atoms with Crippen molar-refractivity contribution >= 4 is 17.5 Å². The Bertz CT molecular complexity index is 482. The second-order valence-corrected chi connectivity index (χ2v) is 5.06. The first-order valence-corrected chi connectivity index (χ1v) is 7.04. The number of aryl methyl sites for hydroxylation is 1. The van der Waals surface area contributed by atoms with E-state index in [2.05, 4.69) is 5.32 Å². The molecule has 1 aromatic rings. The molecule has 1 aliphatic heterocycles. The van der Waals surface area contributed by atoms with Gasteiger partial charge < -0.3 is 16.0 Å². The minimum atomic E-state index is -0.110. The number of para-hydroxylation sites is 1. The molecule has 5 nitrogen and oxygen atoms in total. The van der Waals surface area contributed by atoms with E-state index in [1.54, 1.807) is 4.90 Å². The van der Waals surface area contributed by atoms with Crippen molar-refractivity contribution in [2.45, 2.75) is 25.7 Å². The second kappa shape index (κ2) is 6.93. The summed E-state index contributed by atoms with van der Waals surface area (Å²) in [5, 5.41) is 2.68. The fraction of sp³-hybridized carbons (Fsp3) is 0.467. The highest BCUT2D eigenvalue weighted by Gasteiger charge is 2.17. The van der Waals surface area contributed by atoms with Crippen LogP contribution in [-0.4, -0.2) is 36.3 Å². The molecular weight excluding hydrogens is 254 g/mol. The average molecular weight is 275 g/mol. The molecule has 1 aliphatic rings. The van der Waals surface area contributed by atoms with Crippen LogP contribution in [0.15, 0.2) is 24.3 Å². The Morgan fingerprint density at radius 3 is 2.60 bits per heavy atom. The van der Waals surface area contributed by atoms with E-state index in [0.717, 1.165) is 31.5 Å². The van der Waals surface area contributed by atoms with Crippen LogP contribution < -0.4 is 11.1 Å². The van der Waals surface area contributed by atoms with E-state index < -0.39 is 0 Å². The number of hydrogen-bond acceptors (Lipinski definition) is 3. The number of nitrogens with one attached hydrogen (secondary N) is 1. The van der Waals surface area contributed by atoms with Gasteiger partial charge in [-0.2, -0.15) is 0 Å². The monoisotopic (exact) mass is 275 g/mol. The molecule has 0 atom stereocenters. The van der Waals surface area contributed by atoms with Gasteiger partial charge in [0, 0.05) is 25.2 Å². The normalized spacial score (nSPS) is 14.3. The molecule has 0 aromatic heterocycles. The Hall–Kier alpha value is -2.04. The van der Waals surface area contributed by atoms with E-state index in [-0.39, 0.29) is 18.4 Å². The number of likely N-dealkylation sites (tertiary alicyclic amines) is 1. The summed E-state index contributed by atoms with van der Waals surface area (Å²) in [6.45, 7) is 1.73. The van der Waals surface area contributed by atoms with Crippen molar-refractivity contribution in [3.05, 3.63) is 29.8 Å². The van der Waals surface area contributed by atoms with Crippen LogP contribution in [0, 0.1) is 0 Å². The number of nitrogens with zero attached hydrogens (tertiary/aromatic N) is 1. The summed E-state index contributed by atoms with van der Waals surface area (Å²) >= 11 is 0. The second-order valence-electron chi connectivity index (χ2n) is 5.06. The number of nitrogen functional groups attached to an aromatic ring is 1. The smallest absolute Gasteiger partial charge is 0.241 e. The molecule has 108 valence electrons. The third-order valence-corrected chi connectivity index (χ3v) is 3.57. The molecule has 1 fully saturated rings. The number of anilines is 1. The lowest BCUT2D eigenvalue weighted by molar-refractivity contribution is -0.132. The number of amides is 2. The first-order chi connectivity index (χ1) is 9.66. The number of hydrogen-bond donors (Lipinski definition) is 2. The quantitative estimate of drug-likeness (QED) is 0.785. The molecule has 1 heterocycles. The Morgan fingerprint density at radius 1 is 1.20 bits per heavy atom. The highest BCUT2D eigenvalue weighted by atomic mass is 16.2. The fourth-order valence-corrected chi connectivity index (χ4v) is 2.35. The van der Waals surface area contributed by atoms with Crippen LogP contribution in [0.1, 0.15) is 24.8 Å². The van der Waals surface area contributed by atoms with E-state index in [9.17, 15) is 9.59 Å². The zero-order valence-corrected chi connectivity index (χ0v) is 11.6. The lowest BCUT2D eigenvalue weighted by Gasteiger charge is -2.15. The largest absolute Gasteiger partial charge is 0.399 e. The van der Waals surface area contributed by atoms with Crippen molar-refractivity contribution < 1.29 is 9.59 Å². The van der Waals surface area contributed by atoms with Gasteiger partial charge in [0.05, 0.1) is 6.54 Å². The summed E-state index contributed by atoms with van der Waals surface area (Å²) in [4.78, 5) is 25.3.